The first-order valence-electron chi connectivity index (χ1n) is 9.98. The fourth-order valence-electron chi connectivity index (χ4n) is 3.00. The zero-order valence-electron chi connectivity index (χ0n) is 18.1. The molecule has 0 spiro atoms. The molecular weight excluding hydrogens is 476 g/mol. The van der Waals surface area contributed by atoms with E-state index >= 15 is 0 Å². The summed E-state index contributed by atoms with van der Waals surface area (Å²) in [7, 11) is 0. The number of ether oxygens (including phenoxy) is 2. The second-order valence-electron chi connectivity index (χ2n) is 7.28. The lowest BCUT2D eigenvalue weighted by Crippen LogP contribution is -2.51. The normalized spacial score (nSPS) is 11.3. The molecule has 0 radical (unpaired) electrons. The lowest BCUT2D eigenvalue weighted by atomic mass is 10.0. The molecule has 0 bridgehead atoms. The number of nitrogens with zero attached hydrogens (tertiary/aromatic N) is 1. The van der Waals surface area contributed by atoms with Gasteiger partial charge in [0.05, 0.1) is 5.56 Å². The van der Waals surface area contributed by atoms with Gasteiger partial charge < -0.3 is 9.47 Å². The zero-order chi connectivity index (χ0) is 24.9. The maximum atomic E-state index is 14.0. The highest BCUT2D eigenvalue weighted by Crippen LogP contribution is 2.39. The molecule has 180 valence electrons. The van der Waals surface area contributed by atoms with E-state index in [-0.39, 0.29) is 16.9 Å². The summed E-state index contributed by atoms with van der Waals surface area (Å²) in [6, 6.07) is 9.61. The van der Waals surface area contributed by atoms with Crippen molar-refractivity contribution in [3.05, 3.63) is 70.7 Å². The van der Waals surface area contributed by atoms with Gasteiger partial charge in [-0.25, -0.2) is 9.40 Å². The molecule has 0 aliphatic heterocycles. The van der Waals surface area contributed by atoms with Crippen molar-refractivity contribution in [2.75, 3.05) is 6.61 Å². The molecule has 3 aromatic rings. The average molecular weight is 496 g/mol. The largest absolute Gasteiger partial charge is 0.573 e. The third kappa shape index (κ3) is 6.47. The number of nitrogens with one attached hydrogen (secondary N) is 1. The topological polar surface area (TPSA) is 67.9 Å². The smallest absolute Gasteiger partial charge is 0.483 e. The van der Waals surface area contributed by atoms with Gasteiger partial charge >= 0.3 is 6.36 Å². The number of benzene rings is 2. The highest BCUT2D eigenvalue weighted by Gasteiger charge is 2.32. The number of hydrogen-bond donors (Lipinski definition) is 1. The monoisotopic (exact) mass is 496 g/mol. The number of carbonyl (C=O) groups is 2. The fourth-order valence-corrected chi connectivity index (χ4v) is 3.63. The molecular formula is C23H20F4N2O4S. The molecule has 0 saturated carbocycles. The van der Waals surface area contributed by atoms with Gasteiger partial charge in [0.2, 0.25) is 0 Å². The number of hydrazine groups is 1. The van der Waals surface area contributed by atoms with Gasteiger partial charge in [-0.15, -0.1) is 13.2 Å². The summed E-state index contributed by atoms with van der Waals surface area (Å²) in [5.74, 6) is -2.41. The molecule has 1 aromatic heterocycles. The average Bonchev–Trinajstić information content (AvgIpc) is 3.30. The van der Waals surface area contributed by atoms with Crippen LogP contribution < -0.4 is 14.9 Å². The van der Waals surface area contributed by atoms with Crippen molar-refractivity contribution in [3.63, 3.8) is 0 Å². The van der Waals surface area contributed by atoms with Crippen LogP contribution in [0.3, 0.4) is 0 Å². The summed E-state index contributed by atoms with van der Waals surface area (Å²) >= 11 is 1.32. The molecule has 0 aliphatic carbocycles. The number of hydrogen-bond acceptors (Lipinski definition) is 5. The second-order valence-corrected chi connectivity index (χ2v) is 8.06. The van der Waals surface area contributed by atoms with Gasteiger partial charge in [-0.05, 0) is 49.6 Å². The van der Waals surface area contributed by atoms with Crippen LogP contribution in [0.1, 0.15) is 24.2 Å². The number of alkyl halides is 3. The molecule has 11 heteroatoms. The number of thiophene rings is 1. The van der Waals surface area contributed by atoms with Crippen LogP contribution in [0.2, 0.25) is 0 Å². The highest BCUT2D eigenvalue weighted by atomic mass is 32.1. The van der Waals surface area contributed by atoms with Crippen LogP contribution in [0.4, 0.5) is 17.6 Å². The van der Waals surface area contributed by atoms with Gasteiger partial charge in [0, 0.05) is 22.5 Å². The van der Waals surface area contributed by atoms with Gasteiger partial charge in [-0.1, -0.05) is 18.2 Å². The van der Waals surface area contributed by atoms with Gasteiger partial charge in [-0.2, -0.15) is 11.3 Å². The molecule has 0 fully saturated rings. The number of rotatable bonds is 7. The van der Waals surface area contributed by atoms with Crippen LogP contribution in [0, 0.1) is 5.82 Å². The quantitative estimate of drug-likeness (QED) is 0.351. The van der Waals surface area contributed by atoms with E-state index in [9.17, 15) is 27.2 Å². The Kier molecular flexibility index (Phi) is 7.77. The molecule has 0 aliphatic rings. The lowest BCUT2D eigenvalue weighted by Gasteiger charge is -2.27. The number of carbonyl (C=O) groups excluding carboxylic acids is 2. The molecule has 34 heavy (non-hydrogen) atoms. The Morgan fingerprint density at radius 1 is 1.06 bits per heavy atom. The number of para-hydroxylation sites is 1. The first-order valence-corrected chi connectivity index (χ1v) is 10.9. The van der Waals surface area contributed by atoms with E-state index in [0.29, 0.717) is 5.56 Å². The molecule has 0 unspecified atom stereocenters. The standard InChI is InChI=1S/C23H20F4N2O4S/c1-14(2)29(28-22(31)15-9-10-34-13-15)21(30)12-32-19-8-7-16(24)11-18(19)17-5-3-4-6-20(17)33-23(25,26)27/h3-11,13-14H,12H2,1-2H3,(H,28,31). The van der Waals surface area contributed by atoms with Crippen molar-refractivity contribution in [2.24, 2.45) is 0 Å². The van der Waals surface area contributed by atoms with E-state index in [2.05, 4.69) is 10.2 Å². The van der Waals surface area contributed by atoms with E-state index in [1.54, 1.807) is 30.7 Å². The third-order valence-corrected chi connectivity index (χ3v) is 5.17. The number of halogens is 4. The van der Waals surface area contributed by atoms with Crippen LogP contribution in [0.5, 0.6) is 11.5 Å². The van der Waals surface area contributed by atoms with Crippen LogP contribution in [-0.2, 0) is 4.79 Å². The molecule has 1 N–H and O–H groups in total. The van der Waals surface area contributed by atoms with Crippen LogP contribution in [-0.4, -0.2) is 35.8 Å². The van der Waals surface area contributed by atoms with Gasteiger partial charge in [0.25, 0.3) is 11.8 Å². The van der Waals surface area contributed by atoms with E-state index in [1.807, 2.05) is 0 Å². The SMILES string of the molecule is CC(C)N(NC(=O)c1ccsc1)C(=O)COc1ccc(F)cc1-c1ccccc1OC(F)(F)F. The zero-order valence-corrected chi connectivity index (χ0v) is 18.9. The maximum Gasteiger partial charge on any atom is 0.573 e. The predicted molar refractivity (Wildman–Crippen MR) is 118 cm³/mol. The number of amides is 2. The fraction of sp³-hybridized carbons (Fsp3) is 0.217. The van der Waals surface area contributed by atoms with E-state index in [4.69, 9.17) is 4.74 Å². The van der Waals surface area contributed by atoms with Crippen molar-refractivity contribution in [1.29, 1.82) is 0 Å². The predicted octanol–water partition coefficient (Wildman–Crippen LogP) is 5.41. The second kappa shape index (κ2) is 10.6. The first-order chi connectivity index (χ1) is 16.0. The molecule has 3 rings (SSSR count). The molecule has 2 aromatic carbocycles. The Labute approximate surface area is 196 Å². The van der Waals surface area contributed by atoms with E-state index in [1.165, 1.54) is 35.6 Å². The minimum Gasteiger partial charge on any atom is -0.483 e. The van der Waals surface area contributed by atoms with Crippen molar-refractivity contribution < 1.29 is 36.6 Å². The molecule has 0 saturated heterocycles. The summed E-state index contributed by atoms with van der Waals surface area (Å²) in [5.41, 5.74) is 2.78. The van der Waals surface area contributed by atoms with Crippen LogP contribution in [0.25, 0.3) is 11.1 Å². The van der Waals surface area contributed by atoms with Crippen molar-refractivity contribution >= 4 is 23.2 Å². The minimum atomic E-state index is -4.96. The summed E-state index contributed by atoms with van der Waals surface area (Å²) in [4.78, 5) is 25.1. The summed E-state index contributed by atoms with van der Waals surface area (Å²) in [6.45, 7) is 2.79. The van der Waals surface area contributed by atoms with Crippen molar-refractivity contribution in [2.45, 2.75) is 26.3 Å². The van der Waals surface area contributed by atoms with Crippen molar-refractivity contribution in [3.8, 4) is 22.6 Å². The van der Waals surface area contributed by atoms with Crippen LogP contribution in [0.15, 0.2) is 59.3 Å². The highest BCUT2D eigenvalue weighted by molar-refractivity contribution is 7.08. The Morgan fingerprint density at radius 3 is 2.44 bits per heavy atom. The van der Waals surface area contributed by atoms with Gasteiger partial charge in [-0.3, -0.25) is 15.0 Å². The first kappa shape index (κ1) is 25.0. The Bertz CT molecular complexity index is 1150. The Hall–Kier alpha value is -3.60. The minimum absolute atomic E-state index is 0.0361. The summed E-state index contributed by atoms with van der Waals surface area (Å²) < 4.78 is 62.1. The Balaban J connectivity index is 1.82. The molecule has 6 nitrogen and oxygen atoms in total. The van der Waals surface area contributed by atoms with Gasteiger partial charge in [0.1, 0.15) is 17.3 Å². The van der Waals surface area contributed by atoms with E-state index in [0.717, 1.165) is 23.2 Å². The summed E-state index contributed by atoms with van der Waals surface area (Å²) in [6.07, 6.45) is -4.96. The maximum absolute atomic E-state index is 14.0. The molecule has 2 amide bonds. The summed E-state index contributed by atoms with van der Waals surface area (Å²) in [5, 5.41) is 4.43. The van der Waals surface area contributed by atoms with E-state index < -0.39 is 42.4 Å². The molecule has 0 atom stereocenters. The third-order valence-electron chi connectivity index (χ3n) is 4.49. The lowest BCUT2D eigenvalue weighted by molar-refractivity contribution is -0.274. The van der Waals surface area contributed by atoms with Crippen molar-refractivity contribution in [1.82, 2.24) is 10.4 Å². The molecule has 1 heterocycles. The Morgan fingerprint density at radius 2 is 1.79 bits per heavy atom. The van der Waals surface area contributed by atoms with Gasteiger partial charge in [0.15, 0.2) is 6.61 Å². The van der Waals surface area contributed by atoms with Crippen LogP contribution >= 0.6 is 11.3 Å².